The molecule has 2 fully saturated rings. The smallest absolute Gasteiger partial charge is 0.314 e. The van der Waals surface area contributed by atoms with Gasteiger partial charge in [0.1, 0.15) is 0 Å². The molecule has 2 saturated carbocycles. The molecule has 144 valence electrons. The van der Waals surface area contributed by atoms with Crippen molar-refractivity contribution in [1.29, 1.82) is 0 Å². The van der Waals surface area contributed by atoms with Crippen LogP contribution in [0.15, 0.2) is 6.07 Å². The van der Waals surface area contributed by atoms with E-state index in [1.54, 1.807) is 7.11 Å². The van der Waals surface area contributed by atoms with Gasteiger partial charge in [0.15, 0.2) is 5.82 Å². The highest BCUT2D eigenvalue weighted by Gasteiger charge is 2.34. The topological polar surface area (TPSA) is 85.2 Å². The Morgan fingerprint density at radius 1 is 1.23 bits per heavy atom. The monoisotopic (exact) mass is 362 g/mol. The Kier molecular flexibility index (Phi) is 5.96. The number of carbonyl (C=O) groups excluding carboxylic acids is 2. The summed E-state index contributed by atoms with van der Waals surface area (Å²) in [7, 11) is 3.57. The highest BCUT2D eigenvalue weighted by Crippen LogP contribution is 2.37. The Morgan fingerprint density at radius 3 is 2.58 bits per heavy atom. The summed E-state index contributed by atoms with van der Waals surface area (Å²) < 4.78 is 7.13. The Balaban J connectivity index is 1.54. The average Bonchev–Trinajstić information content (AvgIpc) is 3.34. The molecule has 0 aromatic carbocycles. The molecule has 0 bridgehead atoms. The first-order chi connectivity index (χ1) is 12.5. The molecule has 0 atom stereocenters. The van der Waals surface area contributed by atoms with Crippen LogP contribution in [-0.4, -0.2) is 41.9 Å². The van der Waals surface area contributed by atoms with Crippen LogP contribution in [0.4, 0.5) is 5.82 Å². The quantitative estimate of drug-likeness (QED) is 0.761. The molecule has 3 rings (SSSR count). The van der Waals surface area contributed by atoms with Crippen LogP contribution >= 0.6 is 0 Å². The van der Waals surface area contributed by atoms with Crippen molar-refractivity contribution >= 4 is 17.6 Å². The summed E-state index contributed by atoms with van der Waals surface area (Å²) in [6.07, 6.45) is 9.13. The molecule has 0 unspecified atom stereocenters. The highest BCUT2D eigenvalue weighted by molar-refractivity contribution is 6.39. The van der Waals surface area contributed by atoms with Gasteiger partial charge in [-0.1, -0.05) is 25.7 Å². The summed E-state index contributed by atoms with van der Waals surface area (Å²) in [5, 5.41) is 9.76. The zero-order valence-corrected chi connectivity index (χ0v) is 15.8. The first-order valence-electron chi connectivity index (χ1n) is 9.65. The molecule has 1 heterocycles. The maximum atomic E-state index is 12.2. The molecule has 7 heteroatoms. The van der Waals surface area contributed by atoms with Crippen LogP contribution in [-0.2, 0) is 21.4 Å². The van der Waals surface area contributed by atoms with Crippen molar-refractivity contribution in [2.75, 3.05) is 25.6 Å². The minimum absolute atomic E-state index is 0.0364. The fourth-order valence-corrected chi connectivity index (χ4v) is 4.47. The number of anilines is 1. The number of hydrogen-bond donors (Lipinski definition) is 2. The maximum Gasteiger partial charge on any atom is 0.314 e. The summed E-state index contributed by atoms with van der Waals surface area (Å²) in [5.74, 6) is -0.322. The molecular weight excluding hydrogens is 332 g/mol. The number of nitrogens with one attached hydrogen (secondary N) is 2. The van der Waals surface area contributed by atoms with E-state index in [4.69, 9.17) is 4.74 Å². The Bertz CT molecular complexity index is 643. The zero-order valence-electron chi connectivity index (χ0n) is 15.8. The van der Waals surface area contributed by atoms with E-state index in [0.29, 0.717) is 24.9 Å². The summed E-state index contributed by atoms with van der Waals surface area (Å²) in [5.41, 5.74) is 1.09. The van der Waals surface area contributed by atoms with E-state index >= 15 is 0 Å². The number of ether oxygens (including phenoxy) is 1. The number of amides is 2. The standard InChI is InChI=1S/C19H30N4O3/c1-23-15(14-7-3-4-8-14)11-16(22-23)21-18(25)17(24)20-12-19(13-26-2)9-5-6-10-19/h11,14H,3-10,12-13H2,1-2H3,(H,20,24)(H,21,22,25). The Labute approximate surface area is 154 Å². The van der Waals surface area contributed by atoms with Crippen LogP contribution in [0.1, 0.15) is 63.0 Å². The second-order valence-corrected chi connectivity index (χ2v) is 7.84. The normalized spacial score (nSPS) is 19.6. The van der Waals surface area contributed by atoms with Crippen LogP contribution in [0.5, 0.6) is 0 Å². The van der Waals surface area contributed by atoms with Crippen LogP contribution in [0.3, 0.4) is 0 Å². The molecule has 1 aromatic heterocycles. The van der Waals surface area contributed by atoms with E-state index in [9.17, 15) is 9.59 Å². The fourth-order valence-electron chi connectivity index (χ4n) is 4.47. The van der Waals surface area contributed by atoms with E-state index < -0.39 is 11.8 Å². The lowest BCUT2D eigenvalue weighted by molar-refractivity contribution is -0.136. The lowest BCUT2D eigenvalue weighted by Crippen LogP contribution is -2.43. The SMILES string of the molecule is COCC1(CNC(=O)C(=O)Nc2cc(C3CCCC3)n(C)n2)CCCC1. The number of nitrogens with zero attached hydrogens (tertiary/aromatic N) is 2. The molecule has 0 radical (unpaired) electrons. The summed E-state index contributed by atoms with van der Waals surface area (Å²) in [6.45, 7) is 1.09. The van der Waals surface area contributed by atoms with E-state index in [2.05, 4.69) is 15.7 Å². The third kappa shape index (κ3) is 4.26. The molecule has 0 saturated heterocycles. The van der Waals surface area contributed by atoms with E-state index in [1.807, 2.05) is 17.8 Å². The molecule has 0 spiro atoms. The fraction of sp³-hybridized carbons (Fsp3) is 0.737. The minimum atomic E-state index is -0.661. The van der Waals surface area contributed by atoms with Gasteiger partial charge in [0.2, 0.25) is 0 Å². The van der Waals surface area contributed by atoms with Gasteiger partial charge in [0.25, 0.3) is 0 Å². The minimum Gasteiger partial charge on any atom is -0.384 e. The van der Waals surface area contributed by atoms with Crippen molar-refractivity contribution in [3.05, 3.63) is 11.8 Å². The van der Waals surface area contributed by atoms with Gasteiger partial charge in [-0.3, -0.25) is 14.3 Å². The van der Waals surface area contributed by atoms with Gasteiger partial charge in [-0.05, 0) is 25.7 Å². The van der Waals surface area contributed by atoms with Gasteiger partial charge >= 0.3 is 11.8 Å². The van der Waals surface area contributed by atoms with Gasteiger partial charge in [0, 0.05) is 43.8 Å². The number of aryl methyl sites for hydroxylation is 1. The Hall–Kier alpha value is -1.89. The summed E-state index contributed by atoms with van der Waals surface area (Å²) >= 11 is 0. The summed E-state index contributed by atoms with van der Waals surface area (Å²) in [4.78, 5) is 24.4. The molecule has 0 aliphatic heterocycles. The highest BCUT2D eigenvalue weighted by atomic mass is 16.5. The van der Waals surface area contributed by atoms with Crippen molar-refractivity contribution in [3.63, 3.8) is 0 Å². The van der Waals surface area contributed by atoms with Crippen molar-refractivity contribution in [3.8, 4) is 0 Å². The first kappa shape index (κ1) is 18.9. The molecule has 2 N–H and O–H groups in total. The van der Waals surface area contributed by atoms with E-state index in [-0.39, 0.29) is 5.41 Å². The predicted octanol–water partition coefficient (Wildman–Crippen LogP) is 2.34. The molecule has 26 heavy (non-hydrogen) atoms. The lowest BCUT2D eigenvalue weighted by Gasteiger charge is -2.28. The van der Waals surface area contributed by atoms with Crippen LogP contribution in [0.2, 0.25) is 0 Å². The Morgan fingerprint density at radius 2 is 1.92 bits per heavy atom. The number of hydrogen-bond acceptors (Lipinski definition) is 4. The second-order valence-electron chi connectivity index (χ2n) is 7.84. The number of rotatable bonds is 6. The zero-order chi connectivity index (χ0) is 18.6. The van der Waals surface area contributed by atoms with Gasteiger partial charge < -0.3 is 15.4 Å². The van der Waals surface area contributed by atoms with Crippen molar-refractivity contribution in [1.82, 2.24) is 15.1 Å². The van der Waals surface area contributed by atoms with Crippen LogP contribution in [0.25, 0.3) is 0 Å². The molecule has 1 aromatic rings. The van der Waals surface area contributed by atoms with Gasteiger partial charge in [0.05, 0.1) is 6.61 Å². The number of methoxy groups -OCH3 is 1. The number of carbonyl (C=O) groups is 2. The third-order valence-electron chi connectivity index (χ3n) is 5.88. The third-order valence-corrected chi connectivity index (χ3v) is 5.88. The van der Waals surface area contributed by atoms with Gasteiger partial charge in [-0.2, -0.15) is 5.10 Å². The van der Waals surface area contributed by atoms with Crippen molar-refractivity contribution in [2.24, 2.45) is 12.5 Å². The molecule has 7 nitrogen and oxygen atoms in total. The van der Waals surface area contributed by atoms with Crippen molar-refractivity contribution in [2.45, 2.75) is 57.3 Å². The second kappa shape index (κ2) is 8.20. The van der Waals surface area contributed by atoms with Gasteiger partial charge in [-0.25, -0.2) is 0 Å². The van der Waals surface area contributed by atoms with Crippen molar-refractivity contribution < 1.29 is 14.3 Å². The largest absolute Gasteiger partial charge is 0.384 e. The first-order valence-corrected chi connectivity index (χ1v) is 9.65. The van der Waals surface area contributed by atoms with E-state index in [0.717, 1.165) is 44.2 Å². The van der Waals surface area contributed by atoms with Crippen LogP contribution in [0, 0.1) is 5.41 Å². The predicted molar refractivity (Wildman–Crippen MR) is 98.8 cm³/mol. The molecule has 2 aliphatic rings. The van der Waals surface area contributed by atoms with Crippen LogP contribution < -0.4 is 10.6 Å². The average molecular weight is 362 g/mol. The number of aromatic nitrogens is 2. The van der Waals surface area contributed by atoms with Gasteiger partial charge in [-0.15, -0.1) is 0 Å². The molecule has 2 amide bonds. The lowest BCUT2D eigenvalue weighted by atomic mass is 9.87. The molecule has 2 aliphatic carbocycles. The molecular formula is C19H30N4O3. The summed E-state index contributed by atoms with van der Waals surface area (Å²) in [6, 6.07) is 1.89. The van der Waals surface area contributed by atoms with E-state index in [1.165, 1.54) is 12.8 Å². The maximum absolute atomic E-state index is 12.2.